The Bertz CT molecular complexity index is 644. The highest BCUT2D eigenvalue weighted by atomic mass is 16.6. The van der Waals surface area contributed by atoms with Crippen molar-refractivity contribution in [3.63, 3.8) is 0 Å². The quantitative estimate of drug-likeness (QED) is 0.667. The summed E-state index contributed by atoms with van der Waals surface area (Å²) in [5.41, 5.74) is 6.00. The van der Waals surface area contributed by atoms with Crippen LogP contribution in [0.15, 0.2) is 5.10 Å². The number of amides is 1. The van der Waals surface area contributed by atoms with Crippen molar-refractivity contribution in [2.45, 2.75) is 39.5 Å². The first-order valence-corrected chi connectivity index (χ1v) is 7.18. The molecule has 9 heteroatoms. The van der Waals surface area contributed by atoms with Gasteiger partial charge in [-0.25, -0.2) is 9.78 Å². The molecule has 0 spiro atoms. The molecule has 120 valence electrons. The van der Waals surface area contributed by atoms with Crippen LogP contribution in [0.2, 0.25) is 0 Å². The first kappa shape index (κ1) is 14.6. The van der Waals surface area contributed by atoms with E-state index < -0.39 is 5.60 Å². The van der Waals surface area contributed by atoms with Crippen LogP contribution in [-0.4, -0.2) is 44.0 Å². The first-order chi connectivity index (χ1) is 10.3. The number of fused-ring (bicyclic) bond motifs is 1. The minimum atomic E-state index is -0.493. The summed E-state index contributed by atoms with van der Waals surface area (Å²) in [7, 11) is 3.85. The van der Waals surface area contributed by atoms with Crippen molar-refractivity contribution in [3.05, 3.63) is 17.2 Å². The zero-order valence-corrected chi connectivity index (χ0v) is 13.5. The summed E-state index contributed by atoms with van der Waals surface area (Å²) < 4.78 is 7.39. The number of ether oxygens (including phenoxy) is 1. The molecule has 0 aromatic carbocycles. The van der Waals surface area contributed by atoms with E-state index in [1.807, 2.05) is 44.4 Å². The summed E-state index contributed by atoms with van der Waals surface area (Å²) in [6.45, 7) is 6.56. The number of nitrogens with two attached hydrogens (primary N) is 1. The molecule has 9 nitrogen and oxygen atoms in total. The van der Waals surface area contributed by atoms with E-state index in [9.17, 15) is 4.79 Å². The van der Waals surface area contributed by atoms with Gasteiger partial charge in [-0.3, -0.25) is 4.90 Å². The Kier molecular flexibility index (Phi) is 3.24. The molecule has 3 rings (SSSR count). The number of imidazole rings is 1. The van der Waals surface area contributed by atoms with Gasteiger partial charge in [-0.2, -0.15) is 5.01 Å². The average Bonchev–Trinajstić information content (AvgIpc) is 3.04. The smallest absolute Gasteiger partial charge is 0.410 e. The van der Waals surface area contributed by atoms with Crippen LogP contribution in [-0.2, 0) is 24.9 Å². The lowest BCUT2D eigenvalue weighted by atomic mass is 10.2. The van der Waals surface area contributed by atoms with Gasteiger partial charge in [0.2, 0.25) is 5.84 Å². The fourth-order valence-electron chi connectivity index (χ4n) is 2.51. The lowest BCUT2D eigenvalue weighted by molar-refractivity contribution is -0.816. The molecule has 3 heterocycles. The van der Waals surface area contributed by atoms with Gasteiger partial charge in [0.25, 0.3) is 0 Å². The van der Waals surface area contributed by atoms with Crippen molar-refractivity contribution >= 4 is 11.9 Å². The molecule has 0 fully saturated rings. The van der Waals surface area contributed by atoms with E-state index in [-0.39, 0.29) is 6.09 Å². The maximum absolute atomic E-state index is 12.2. The van der Waals surface area contributed by atoms with E-state index >= 15 is 0 Å². The van der Waals surface area contributed by atoms with E-state index in [1.165, 1.54) is 0 Å². The summed E-state index contributed by atoms with van der Waals surface area (Å²) in [6, 6.07) is 0. The highest BCUT2D eigenvalue weighted by molar-refractivity contribution is 5.95. The van der Waals surface area contributed by atoms with Gasteiger partial charge in [-0.05, 0) is 20.8 Å². The number of carbonyl (C=O) groups is 1. The number of amidine groups is 1. The zero-order chi connectivity index (χ0) is 16.1. The van der Waals surface area contributed by atoms with Crippen molar-refractivity contribution in [1.82, 2.24) is 25.0 Å². The van der Waals surface area contributed by atoms with Gasteiger partial charge in [0.15, 0.2) is 5.82 Å². The normalized spacial score (nSPS) is 17.4. The van der Waals surface area contributed by atoms with Crippen molar-refractivity contribution in [2.75, 3.05) is 7.05 Å². The maximum atomic E-state index is 12.2. The zero-order valence-electron chi connectivity index (χ0n) is 13.5. The highest BCUT2D eigenvalue weighted by Gasteiger charge is 2.34. The topological polar surface area (TPSA) is 91.6 Å². The Morgan fingerprint density at radius 1 is 1.32 bits per heavy atom. The molecule has 1 aromatic rings. The number of hydrogen-bond donors (Lipinski definition) is 2. The number of rotatable bonds is 1. The Morgan fingerprint density at radius 3 is 2.59 bits per heavy atom. The minimum Gasteiger partial charge on any atom is -0.444 e. The predicted octanol–water partition coefficient (Wildman–Crippen LogP) is -0.739. The SMILES string of the molecule is CN1[NH2+]NN=C1c1nc2c(n1C)CN(C(=O)OC(C)(C)C)C2. The Morgan fingerprint density at radius 2 is 2.05 bits per heavy atom. The van der Waals surface area contributed by atoms with Gasteiger partial charge >= 0.3 is 6.09 Å². The molecule has 0 aliphatic carbocycles. The number of hydrazone groups is 1. The summed E-state index contributed by atoms with van der Waals surface area (Å²) in [6.07, 6.45) is -0.308. The molecule has 0 atom stereocenters. The number of hydrogen-bond acceptors (Lipinski definition) is 6. The van der Waals surface area contributed by atoms with Gasteiger partial charge in [0.05, 0.1) is 31.5 Å². The summed E-state index contributed by atoms with van der Waals surface area (Å²) in [4.78, 5) is 18.4. The summed E-state index contributed by atoms with van der Waals surface area (Å²) >= 11 is 0. The lowest BCUT2D eigenvalue weighted by Crippen LogP contribution is -2.96. The molecule has 0 saturated carbocycles. The fraction of sp³-hybridized carbons (Fsp3) is 0.615. The van der Waals surface area contributed by atoms with Crippen LogP contribution in [0.25, 0.3) is 0 Å². The molecule has 0 bridgehead atoms. The molecule has 1 aromatic heterocycles. The molecule has 1 amide bonds. The lowest BCUT2D eigenvalue weighted by Gasteiger charge is -2.24. The molecule has 22 heavy (non-hydrogen) atoms. The predicted molar refractivity (Wildman–Crippen MR) is 78.1 cm³/mol. The van der Waals surface area contributed by atoms with Gasteiger partial charge in [0, 0.05) is 7.05 Å². The number of nitrogens with one attached hydrogen (secondary N) is 1. The van der Waals surface area contributed by atoms with Gasteiger partial charge in [-0.1, -0.05) is 0 Å². The van der Waals surface area contributed by atoms with E-state index in [1.54, 1.807) is 10.4 Å². The van der Waals surface area contributed by atoms with E-state index in [2.05, 4.69) is 15.6 Å². The van der Waals surface area contributed by atoms with Crippen LogP contribution in [0.5, 0.6) is 0 Å². The number of carbonyl (C=O) groups excluding carboxylic acids is 1. The van der Waals surface area contributed by atoms with Crippen LogP contribution in [0.1, 0.15) is 38.0 Å². The molecular formula is C13H22N7O2+. The van der Waals surface area contributed by atoms with E-state index in [4.69, 9.17) is 4.74 Å². The largest absolute Gasteiger partial charge is 0.444 e. The van der Waals surface area contributed by atoms with Crippen molar-refractivity contribution in [2.24, 2.45) is 12.1 Å². The highest BCUT2D eigenvalue weighted by Crippen LogP contribution is 2.25. The molecule has 0 unspecified atom stereocenters. The Balaban J connectivity index is 1.78. The van der Waals surface area contributed by atoms with Crippen molar-refractivity contribution < 1.29 is 15.1 Å². The third-order valence-electron chi connectivity index (χ3n) is 3.59. The van der Waals surface area contributed by atoms with Crippen LogP contribution in [0.3, 0.4) is 0 Å². The van der Waals surface area contributed by atoms with Crippen LogP contribution >= 0.6 is 0 Å². The standard InChI is InChI=1S/C13H21N7O2/c1-13(2,3)22-12(21)20-6-8-9(7-20)18(4)10(14-8)11-15-16-17-19(11)5/h16-17H,6-7H2,1-5H3/p+1. The second kappa shape index (κ2) is 4.87. The van der Waals surface area contributed by atoms with E-state index in [0.29, 0.717) is 13.1 Å². The van der Waals surface area contributed by atoms with Crippen molar-refractivity contribution in [3.8, 4) is 0 Å². The first-order valence-electron chi connectivity index (χ1n) is 7.18. The summed E-state index contributed by atoms with van der Waals surface area (Å²) in [5.74, 6) is 1.55. The average molecular weight is 308 g/mol. The molecule has 2 aliphatic rings. The monoisotopic (exact) mass is 308 g/mol. The van der Waals surface area contributed by atoms with Gasteiger partial charge < -0.3 is 9.30 Å². The second-order valence-electron chi connectivity index (χ2n) is 6.53. The number of quaternary nitrogens is 1. The summed E-state index contributed by atoms with van der Waals surface area (Å²) in [5, 5.41) is 6.09. The Labute approximate surface area is 128 Å². The molecular weight excluding hydrogens is 286 g/mol. The van der Waals surface area contributed by atoms with Crippen LogP contribution in [0, 0.1) is 0 Å². The molecule has 0 saturated heterocycles. The molecule has 2 aliphatic heterocycles. The van der Waals surface area contributed by atoms with Gasteiger partial charge in [0.1, 0.15) is 5.60 Å². The minimum absolute atomic E-state index is 0.308. The van der Waals surface area contributed by atoms with Crippen LogP contribution < -0.4 is 11.1 Å². The molecule has 0 radical (unpaired) electrons. The Hall–Kier alpha value is -2.29. The van der Waals surface area contributed by atoms with E-state index in [0.717, 1.165) is 23.0 Å². The fourth-order valence-corrected chi connectivity index (χ4v) is 2.51. The maximum Gasteiger partial charge on any atom is 0.410 e. The van der Waals surface area contributed by atoms with Crippen LogP contribution in [0.4, 0.5) is 4.79 Å². The third kappa shape index (κ3) is 2.47. The molecule has 3 N–H and O–H groups in total. The number of nitrogens with zero attached hydrogens (tertiary/aromatic N) is 5. The second-order valence-corrected chi connectivity index (χ2v) is 6.53. The van der Waals surface area contributed by atoms with Gasteiger partial charge in [-0.15, -0.1) is 16.2 Å². The van der Waals surface area contributed by atoms with Crippen molar-refractivity contribution in [1.29, 1.82) is 0 Å². The third-order valence-corrected chi connectivity index (χ3v) is 3.59. The number of aromatic nitrogens is 2.